The van der Waals surface area contributed by atoms with E-state index in [0.29, 0.717) is 0 Å². The fourth-order valence-electron chi connectivity index (χ4n) is 1.61. The molecule has 0 aliphatic heterocycles. The lowest BCUT2D eigenvalue weighted by atomic mass is 10.1. The predicted molar refractivity (Wildman–Crippen MR) is 76.3 cm³/mol. The van der Waals surface area contributed by atoms with Gasteiger partial charge in [0, 0.05) is 46.7 Å². The number of fused-ring (bicyclic) bond motifs is 1. The summed E-state index contributed by atoms with van der Waals surface area (Å²) in [6, 6.07) is 8.69. The van der Waals surface area contributed by atoms with Gasteiger partial charge in [-0.25, -0.2) is 0 Å². The summed E-state index contributed by atoms with van der Waals surface area (Å²) in [7, 11) is 1.72. The van der Waals surface area contributed by atoms with E-state index in [1.54, 1.807) is 9.12 Å². The molecule has 0 atom stereocenters. The van der Waals surface area contributed by atoms with E-state index in [2.05, 4.69) is 72.3 Å². The summed E-state index contributed by atoms with van der Waals surface area (Å²) in [6.07, 6.45) is 0. The van der Waals surface area contributed by atoms with Crippen molar-refractivity contribution in [1.29, 1.82) is 0 Å². The van der Waals surface area contributed by atoms with Crippen LogP contribution in [0.15, 0.2) is 24.3 Å². The fraction of sp³-hybridized carbons (Fsp3) is 0.200. The Morgan fingerprint density at radius 1 is 1.50 bits per heavy atom. The van der Waals surface area contributed by atoms with Crippen LogP contribution in [0.5, 0.6) is 0 Å². The Labute approximate surface area is 108 Å². The molecule has 0 radical (unpaired) electrons. The number of aryl methyl sites for hydroxylation is 1. The second-order valence-electron chi connectivity index (χ2n) is 3.13. The summed E-state index contributed by atoms with van der Waals surface area (Å²) < 4.78 is 2.25. The number of nitrogens with zero attached hydrogens (tertiary/aromatic N) is 1. The number of halogens is 2. The van der Waals surface area contributed by atoms with Crippen LogP contribution in [0.2, 0.25) is 0 Å². The highest BCUT2D eigenvalue weighted by molar-refractivity contribution is 14.2. The van der Waals surface area contributed by atoms with E-state index < -0.39 is 0 Å². The number of hydrogen-bond acceptors (Lipinski definition) is 1. The van der Waals surface area contributed by atoms with Crippen LogP contribution in [-0.2, 0) is 5.33 Å². The molecule has 1 nitrogen and oxygen atoms in total. The van der Waals surface area contributed by atoms with Crippen molar-refractivity contribution in [3.8, 4) is 0 Å². The maximum Gasteiger partial charge on any atom is 0.0604 e. The minimum absolute atomic E-state index is 0.916. The van der Waals surface area contributed by atoms with Crippen molar-refractivity contribution in [2.45, 2.75) is 12.3 Å². The molecule has 0 aliphatic carbocycles. The molecule has 0 amide bonds. The first kappa shape index (κ1) is 10.8. The molecule has 0 fully saturated rings. The Kier molecular flexibility index (Phi) is 3.44. The summed E-state index contributed by atoms with van der Waals surface area (Å²) in [6.45, 7) is 2.14. The number of aromatic nitrogens is 1. The van der Waals surface area contributed by atoms with Gasteiger partial charge in [-0.3, -0.25) is 3.97 Å². The molecule has 74 valence electrons. The van der Waals surface area contributed by atoms with Crippen LogP contribution in [0.25, 0.3) is 10.9 Å². The second-order valence-corrected chi connectivity index (χ2v) is 5.38. The van der Waals surface area contributed by atoms with E-state index in [1.165, 1.54) is 22.2 Å². The van der Waals surface area contributed by atoms with Crippen molar-refractivity contribution in [2.75, 3.05) is 0 Å². The topological polar surface area (TPSA) is 4.93 Å². The van der Waals surface area contributed by atoms with E-state index >= 15 is 0 Å². The Hall–Kier alpha value is 0.320. The highest BCUT2D eigenvalue weighted by atomic mass is 127. The van der Waals surface area contributed by atoms with Crippen molar-refractivity contribution in [3.63, 3.8) is 0 Å². The standard InChI is InChI=1S/C10H9BrINS/c1-7-5-9-8(6-11)3-2-4-10(9)13(7)14-12/h2-5H,6H2,1H3. The normalized spacial score (nSPS) is 11.1. The summed E-state index contributed by atoms with van der Waals surface area (Å²) in [5.74, 6) is 0. The Bertz CT molecular complexity index is 466. The summed E-state index contributed by atoms with van der Waals surface area (Å²) in [4.78, 5) is 0. The zero-order chi connectivity index (χ0) is 10.1. The second kappa shape index (κ2) is 4.45. The molecule has 0 saturated carbocycles. The Morgan fingerprint density at radius 2 is 2.29 bits per heavy atom. The molecule has 0 saturated heterocycles. The van der Waals surface area contributed by atoms with Gasteiger partial charge >= 0.3 is 0 Å². The molecular weight excluding hydrogens is 373 g/mol. The van der Waals surface area contributed by atoms with Gasteiger partial charge in [-0.15, -0.1) is 0 Å². The lowest BCUT2D eigenvalue weighted by Crippen LogP contribution is -1.84. The van der Waals surface area contributed by atoms with Crippen molar-refractivity contribution in [2.24, 2.45) is 0 Å². The van der Waals surface area contributed by atoms with Crippen LogP contribution in [0, 0.1) is 6.92 Å². The average Bonchev–Trinajstić information content (AvgIpc) is 2.52. The maximum atomic E-state index is 3.52. The van der Waals surface area contributed by atoms with Crippen LogP contribution in [-0.4, -0.2) is 3.97 Å². The van der Waals surface area contributed by atoms with Gasteiger partial charge in [-0.2, -0.15) is 0 Å². The molecule has 1 aromatic heterocycles. The van der Waals surface area contributed by atoms with Crippen molar-refractivity contribution in [1.82, 2.24) is 3.97 Å². The van der Waals surface area contributed by atoms with Gasteiger partial charge in [0.1, 0.15) is 0 Å². The molecule has 1 aromatic carbocycles. The van der Waals surface area contributed by atoms with E-state index in [-0.39, 0.29) is 0 Å². The quantitative estimate of drug-likeness (QED) is 0.539. The smallest absolute Gasteiger partial charge is 0.0604 e. The largest absolute Gasteiger partial charge is 0.280 e. The Balaban J connectivity index is 2.79. The molecule has 2 rings (SSSR count). The molecule has 0 unspecified atom stereocenters. The third-order valence-electron chi connectivity index (χ3n) is 2.28. The molecule has 0 aliphatic rings. The summed E-state index contributed by atoms with van der Waals surface area (Å²) in [5, 5.41) is 2.27. The molecule has 0 spiro atoms. The molecular formula is C10H9BrINS. The molecule has 0 bridgehead atoms. The summed E-state index contributed by atoms with van der Waals surface area (Å²) in [5.41, 5.74) is 3.96. The van der Waals surface area contributed by atoms with E-state index in [0.717, 1.165) is 5.33 Å². The molecule has 4 heteroatoms. The van der Waals surface area contributed by atoms with Crippen molar-refractivity contribution in [3.05, 3.63) is 35.5 Å². The minimum atomic E-state index is 0.916. The van der Waals surface area contributed by atoms with Gasteiger partial charge in [0.15, 0.2) is 0 Å². The van der Waals surface area contributed by atoms with Crippen LogP contribution in [0.3, 0.4) is 0 Å². The average molecular weight is 382 g/mol. The van der Waals surface area contributed by atoms with Gasteiger partial charge in [0.2, 0.25) is 0 Å². The van der Waals surface area contributed by atoms with E-state index in [4.69, 9.17) is 0 Å². The van der Waals surface area contributed by atoms with Gasteiger partial charge in [0.25, 0.3) is 0 Å². The Morgan fingerprint density at radius 3 is 2.93 bits per heavy atom. The first-order valence-electron chi connectivity index (χ1n) is 4.23. The fourth-order valence-corrected chi connectivity index (χ4v) is 4.06. The van der Waals surface area contributed by atoms with Crippen molar-refractivity contribution < 1.29 is 0 Å². The maximum absolute atomic E-state index is 3.52. The third-order valence-corrected chi connectivity index (χ3v) is 4.69. The first-order chi connectivity index (χ1) is 6.77. The van der Waals surface area contributed by atoms with Crippen LogP contribution in [0.1, 0.15) is 11.3 Å². The lowest BCUT2D eigenvalue weighted by Gasteiger charge is -2.01. The van der Waals surface area contributed by atoms with Crippen LogP contribution >= 0.6 is 46.3 Å². The highest BCUT2D eigenvalue weighted by Gasteiger charge is 2.07. The van der Waals surface area contributed by atoms with Gasteiger partial charge < -0.3 is 0 Å². The SMILES string of the molecule is Cc1cc2c(CBr)cccc2n1SI. The number of hydrogen-bond donors (Lipinski definition) is 0. The monoisotopic (exact) mass is 381 g/mol. The molecule has 2 aromatic rings. The van der Waals surface area contributed by atoms with E-state index in [9.17, 15) is 0 Å². The molecule has 14 heavy (non-hydrogen) atoms. The van der Waals surface area contributed by atoms with Crippen LogP contribution in [0.4, 0.5) is 0 Å². The van der Waals surface area contributed by atoms with Gasteiger partial charge in [-0.05, 0) is 24.6 Å². The third kappa shape index (κ3) is 1.72. The highest BCUT2D eigenvalue weighted by Crippen LogP contribution is 2.30. The molecule has 1 heterocycles. The van der Waals surface area contributed by atoms with Crippen molar-refractivity contribution >= 4 is 57.2 Å². The van der Waals surface area contributed by atoms with E-state index in [1.807, 2.05) is 0 Å². The first-order valence-corrected chi connectivity index (χ1v) is 8.66. The van der Waals surface area contributed by atoms with Crippen LogP contribution < -0.4 is 0 Å². The zero-order valence-corrected chi connectivity index (χ0v) is 12.2. The number of benzene rings is 1. The number of alkyl halides is 1. The predicted octanol–water partition coefficient (Wildman–Crippen LogP) is 4.69. The minimum Gasteiger partial charge on any atom is -0.280 e. The summed E-state index contributed by atoms with van der Waals surface area (Å²) >= 11 is 5.83. The van der Waals surface area contributed by atoms with Gasteiger partial charge in [-0.1, -0.05) is 28.1 Å². The zero-order valence-electron chi connectivity index (χ0n) is 7.63. The lowest BCUT2D eigenvalue weighted by molar-refractivity contribution is 1.23. The number of rotatable bonds is 2. The molecule has 0 N–H and O–H groups in total. The van der Waals surface area contributed by atoms with Gasteiger partial charge in [0.05, 0.1) is 5.52 Å².